The van der Waals surface area contributed by atoms with Gasteiger partial charge in [-0.05, 0) is 43.3 Å². The maximum absolute atomic E-state index is 13.4. The number of thiazole rings is 1. The van der Waals surface area contributed by atoms with E-state index in [1.165, 1.54) is 47.4 Å². The molecule has 1 amide bonds. The first-order chi connectivity index (χ1) is 13.3. The van der Waals surface area contributed by atoms with Crippen LogP contribution in [0.2, 0.25) is 0 Å². The molecule has 4 N–H and O–H groups in total. The van der Waals surface area contributed by atoms with Crippen LogP contribution in [0.4, 0.5) is 25.4 Å². The summed E-state index contributed by atoms with van der Waals surface area (Å²) in [5.74, 6) is -2.19. The zero-order valence-corrected chi connectivity index (χ0v) is 15.5. The summed E-state index contributed by atoms with van der Waals surface area (Å²) in [7, 11) is 0. The summed E-state index contributed by atoms with van der Waals surface area (Å²) < 4.78 is 26.7. The number of benzene rings is 2. The average Bonchev–Trinajstić information content (AvgIpc) is 3.04. The van der Waals surface area contributed by atoms with Crippen molar-refractivity contribution in [2.24, 2.45) is 5.73 Å². The molecule has 0 fully saturated rings. The van der Waals surface area contributed by atoms with Crippen LogP contribution in [0, 0.1) is 11.6 Å². The largest absolute Gasteiger partial charge is 0.382 e. The first-order valence-corrected chi connectivity index (χ1v) is 9.00. The Balaban J connectivity index is 2.05. The van der Waals surface area contributed by atoms with Crippen LogP contribution in [0.25, 0.3) is 0 Å². The van der Waals surface area contributed by atoms with Crippen LogP contribution in [0.15, 0.2) is 48.5 Å². The predicted molar refractivity (Wildman–Crippen MR) is 104 cm³/mol. The number of nitrogens with two attached hydrogens (primary N) is 2. The van der Waals surface area contributed by atoms with E-state index < -0.39 is 29.4 Å². The second kappa shape index (κ2) is 7.73. The number of carbonyl (C=O) groups excluding carboxylic acids is 2. The first kappa shape index (κ1) is 19.4. The molecule has 1 aromatic heterocycles. The fourth-order valence-electron chi connectivity index (χ4n) is 2.58. The van der Waals surface area contributed by atoms with Crippen molar-refractivity contribution in [1.82, 2.24) is 4.98 Å². The summed E-state index contributed by atoms with van der Waals surface area (Å²) in [6, 6.07) is 9.74. The molecule has 3 aromatic rings. The quantitative estimate of drug-likeness (QED) is 0.616. The molecule has 2 aromatic carbocycles. The van der Waals surface area contributed by atoms with Gasteiger partial charge in [-0.3, -0.25) is 9.59 Å². The molecule has 9 heteroatoms. The van der Waals surface area contributed by atoms with E-state index in [1.54, 1.807) is 6.92 Å². The second-order valence-corrected chi connectivity index (χ2v) is 6.95. The summed E-state index contributed by atoms with van der Waals surface area (Å²) in [6.45, 7) is 1.55. The van der Waals surface area contributed by atoms with Gasteiger partial charge in [-0.2, -0.15) is 0 Å². The number of aromatic nitrogens is 1. The fraction of sp³-hybridized carbons (Fsp3) is 0.105. The molecule has 0 aliphatic heterocycles. The van der Waals surface area contributed by atoms with E-state index in [2.05, 4.69) is 4.98 Å². The highest BCUT2D eigenvalue weighted by Gasteiger charge is 2.27. The van der Waals surface area contributed by atoms with Crippen LogP contribution < -0.4 is 16.4 Å². The number of hydrogen-bond donors (Lipinski definition) is 2. The highest BCUT2D eigenvalue weighted by atomic mass is 32.1. The minimum absolute atomic E-state index is 0.0574. The van der Waals surface area contributed by atoms with Gasteiger partial charge in [0.05, 0.1) is 0 Å². The van der Waals surface area contributed by atoms with Gasteiger partial charge in [0, 0.05) is 11.3 Å². The summed E-state index contributed by atoms with van der Waals surface area (Å²) in [6.07, 6.45) is 0. The molecular formula is C19H16F2N4O2S. The van der Waals surface area contributed by atoms with Crippen molar-refractivity contribution < 1.29 is 18.4 Å². The Labute approximate surface area is 163 Å². The summed E-state index contributed by atoms with van der Waals surface area (Å²) in [4.78, 5) is 30.2. The molecule has 0 spiro atoms. The van der Waals surface area contributed by atoms with Gasteiger partial charge in [-0.1, -0.05) is 23.5 Å². The normalized spacial score (nSPS) is 11.8. The Bertz CT molecular complexity index is 1040. The third-order valence-corrected chi connectivity index (χ3v) is 5.11. The molecule has 0 saturated carbocycles. The Hall–Kier alpha value is -3.33. The molecule has 1 heterocycles. The zero-order valence-electron chi connectivity index (χ0n) is 14.7. The van der Waals surface area contributed by atoms with Crippen molar-refractivity contribution in [3.63, 3.8) is 0 Å². The summed E-state index contributed by atoms with van der Waals surface area (Å²) in [5, 5.41) is 0.232. The van der Waals surface area contributed by atoms with Crippen LogP contribution in [0.5, 0.6) is 0 Å². The third kappa shape index (κ3) is 3.84. The van der Waals surface area contributed by atoms with Gasteiger partial charge in [0.25, 0.3) is 0 Å². The molecule has 0 saturated heterocycles. The van der Waals surface area contributed by atoms with Crippen molar-refractivity contribution in [3.8, 4) is 0 Å². The number of carbonyl (C=O) groups is 2. The van der Waals surface area contributed by atoms with Crippen LogP contribution >= 0.6 is 11.3 Å². The van der Waals surface area contributed by atoms with Crippen LogP contribution in [0.1, 0.15) is 22.2 Å². The predicted octanol–water partition coefficient (Wildman–Crippen LogP) is 3.25. The van der Waals surface area contributed by atoms with Crippen LogP contribution in [-0.2, 0) is 4.79 Å². The lowest BCUT2D eigenvalue weighted by molar-refractivity contribution is -0.118. The van der Waals surface area contributed by atoms with E-state index in [-0.39, 0.29) is 21.4 Å². The fourth-order valence-corrected chi connectivity index (χ4v) is 3.62. The van der Waals surface area contributed by atoms with Crippen LogP contribution in [-0.4, -0.2) is 22.7 Å². The number of halogens is 2. The van der Waals surface area contributed by atoms with E-state index in [1.807, 2.05) is 0 Å². The molecular weight excluding hydrogens is 386 g/mol. The molecule has 0 radical (unpaired) electrons. The Morgan fingerprint density at radius 2 is 1.79 bits per heavy atom. The average molecular weight is 402 g/mol. The Kier molecular flexibility index (Phi) is 5.36. The highest BCUT2D eigenvalue weighted by molar-refractivity contribution is 7.18. The number of primary amides is 1. The summed E-state index contributed by atoms with van der Waals surface area (Å²) in [5.41, 5.74) is 11.9. The molecule has 0 aliphatic rings. The number of rotatable bonds is 6. The molecule has 1 atom stereocenters. The minimum atomic E-state index is -0.840. The van der Waals surface area contributed by atoms with E-state index in [0.717, 1.165) is 17.4 Å². The van der Waals surface area contributed by atoms with E-state index in [9.17, 15) is 18.4 Å². The van der Waals surface area contributed by atoms with Gasteiger partial charge in [-0.25, -0.2) is 13.8 Å². The lowest BCUT2D eigenvalue weighted by Gasteiger charge is -2.26. The second-order valence-electron chi connectivity index (χ2n) is 5.98. The molecule has 28 heavy (non-hydrogen) atoms. The molecule has 1 unspecified atom stereocenters. The maximum atomic E-state index is 13.4. The summed E-state index contributed by atoms with van der Waals surface area (Å²) >= 11 is 0.937. The number of hydrogen-bond acceptors (Lipinski definition) is 6. The van der Waals surface area contributed by atoms with Crippen molar-refractivity contribution in [3.05, 3.63) is 70.6 Å². The molecule has 3 rings (SSSR count). The topological polar surface area (TPSA) is 102 Å². The smallest absolute Gasteiger partial charge is 0.240 e. The molecule has 144 valence electrons. The third-order valence-electron chi connectivity index (χ3n) is 4.05. The van der Waals surface area contributed by atoms with E-state index in [4.69, 9.17) is 11.5 Å². The monoisotopic (exact) mass is 402 g/mol. The van der Waals surface area contributed by atoms with Gasteiger partial charge >= 0.3 is 0 Å². The zero-order chi connectivity index (χ0) is 20.4. The van der Waals surface area contributed by atoms with E-state index in [0.29, 0.717) is 5.69 Å². The van der Waals surface area contributed by atoms with Crippen molar-refractivity contribution in [1.29, 1.82) is 0 Å². The minimum Gasteiger partial charge on any atom is -0.382 e. The molecule has 0 bridgehead atoms. The van der Waals surface area contributed by atoms with Crippen molar-refractivity contribution in [2.45, 2.75) is 13.0 Å². The van der Waals surface area contributed by atoms with Crippen molar-refractivity contribution >= 4 is 39.7 Å². The first-order valence-electron chi connectivity index (χ1n) is 8.18. The molecule has 0 aliphatic carbocycles. The highest BCUT2D eigenvalue weighted by Crippen LogP contribution is 2.36. The van der Waals surface area contributed by atoms with Gasteiger partial charge in [0.1, 0.15) is 28.4 Å². The van der Waals surface area contributed by atoms with E-state index >= 15 is 0 Å². The number of nitrogens with zero attached hydrogens (tertiary/aromatic N) is 2. The van der Waals surface area contributed by atoms with Gasteiger partial charge in [0.15, 0.2) is 5.13 Å². The van der Waals surface area contributed by atoms with Gasteiger partial charge in [0.2, 0.25) is 11.7 Å². The number of anilines is 3. The van der Waals surface area contributed by atoms with Crippen molar-refractivity contribution in [2.75, 3.05) is 10.6 Å². The number of nitrogen functional groups attached to an aromatic ring is 1. The van der Waals surface area contributed by atoms with Gasteiger partial charge in [-0.15, -0.1) is 0 Å². The SMILES string of the molecule is CC(C(N)=O)N(c1ccc(F)cc1)c1nc(N)c(C(=O)c2cccc(F)c2)s1. The lowest BCUT2D eigenvalue weighted by Crippen LogP contribution is -2.39. The lowest BCUT2D eigenvalue weighted by atomic mass is 10.1. The number of amides is 1. The number of ketones is 1. The standard InChI is InChI=1S/C19H16F2N4O2S/c1-10(18(23)27)25(14-7-5-12(20)6-8-14)19-24-17(22)16(28-19)15(26)11-3-2-4-13(21)9-11/h2-10H,22H2,1H3,(H2,23,27). The Morgan fingerprint density at radius 3 is 2.39 bits per heavy atom. The van der Waals surface area contributed by atoms with Crippen LogP contribution in [0.3, 0.4) is 0 Å². The van der Waals surface area contributed by atoms with Gasteiger partial charge < -0.3 is 16.4 Å². The maximum Gasteiger partial charge on any atom is 0.240 e. The molecule has 6 nitrogen and oxygen atoms in total. The Morgan fingerprint density at radius 1 is 1.11 bits per heavy atom.